The molecule has 0 saturated heterocycles. The van der Waals surface area contributed by atoms with E-state index in [9.17, 15) is 4.79 Å². The summed E-state index contributed by atoms with van der Waals surface area (Å²) in [5.41, 5.74) is 11.2. The van der Waals surface area contributed by atoms with Crippen LogP contribution in [-0.2, 0) is 9.47 Å². The first-order valence-corrected chi connectivity index (χ1v) is 22.2. The van der Waals surface area contributed by atoms with Crippen molar-refractivity contribution in [3.8, 4) is 0 Å². The Bertz CT molecular complexity index is 654. The van der Waals surface area contributed by atoms with Gasteiger partial charge in [0.1, 0.15) is 0 Å². The summed E-state index contributed by atoms with van der Waals surface area (Å²) >= 11 is 0. The summed E-state index contributed by atoms with van der Waals surface area (Å²) < 4.78 is 11.9. The SMILES string of the molecule is CCCCCCCCCCCCC.CCCCCCCCCCCCOCC(COC(=O)N(CCCN)CCCCNCCCN)C1CCC1. The summed E-state index contributed by atoms with van der Waals surface area (Å²) in [5.74, 6) is 0.960. The molecule has 0 aromatic rings. The summed E-state index contributed by atoms with van der Waals surface area (Å²) in [6.07, 6.45) is 36.7. The number of nitrogens with two attached hydrogens (primary N) is 2. The Hall–Kier alpha value is -0.890. The molecule has 7 nitrogen and oxygen atoms in total. The zero-order valence-electron chi connectivity index (χ0n) is 34.1. The first kappa shape index (κ1) is 49.1. The Morgan fingerprint density at radius 1 is 0.600 bits per heavy atom. The molecule has 0 bridgehead atoms. The van der Waals surface area contributed by atoms with Gasteiger partial charge in [-0.1, -0.05) is 156 Å². The normalized spacial score (nSPS) is 13.5. The van der Waals surface area contributed by atoms with Crippen molar-refractivity contribution in [2.75, 3.05) is 59.1 Å². The number of nitrogens with zero attached hydrogens (tertiary/aromatic N) is 1. The van der Waals surface area contributed by atoms with Crippen LogP contribution in [0.15, 0.2) is 0 Å². The number of unbranched alkanes of at least 4 members (excludes halogenated alkanes) is 20. The lowest BCUT2D eigenvalue weighted by Crippen LogP contribution is -2.37. The third-order valence-electron chi connectivity index (χ3n) is 10.4. The van der Waals surface area contributed by atoms with Crippen LogP contribution in [0.2, 0.25) is 0 Å². The quantitative estimate of drug-likeness (QED) is 0.0555. The van der Waals surface area contributed by atoms with Crippen molar-refractivity contribution >= 4 is 6.09 Å². The molecule has 5 N–H and O–H groups in total. The van der Waals surface area contributed by atoms with Gasteiger partial charge in [-0.05, 0) is 77.0 Å². The third kappa shape index (κ3) is 33.0. The van der Waals surface area contributed by atoms with Crippen LogP contribution in [0, 0.1) is 11.8 Å². The number of nitrogens with one attached hydrogen (secondary N) is 1. The lowest BCUT2D eigenvalue weighted by atomic mass is 9.76. The second kappa shape index (κ2) is 40.9. The smallest absolute Gasteiger partial charge is 0.409 e. The van der Waals surface area contributed by atoms with Crippen LogP contribution in [0.25, 0.3) is 0 Å². The van der Waals surface area contributed by atoms with Crippen molar-refractivity contribution in [3.63, 3.8) is 0 Å². The van der Waals surface area contributed by atoms with E-state index in [2.05, 4.69) is 26.1 Å². The number of hydrogen-bond acceptors (Lipinski definition) is 6. The molecular weight excluding hydrogens is 620 g/mol. The number of rotatable bonds is 37. The fourth-order valence-electron chi connectivity index (χ4n) is 6.65. The Morgan fingerprint density at radius 2 is 1.06 bits per heavy atom. The summed E-state index contributed by atoms with van der Waals surface area (Å²) in [6.45, 7) is 13.5. The highest BCUT2D eigenvalue weighted by Crippen LogP contribution is 2.34. The Morgan fingerprint density at radius 3 is 1.52 bits per heavy atom. The summed E-state index contributed by atoms with van der Waals surface area (Å²) in [4.78, 5) is 14.7. The van der Waals surface area contributed by atoms with E-state index in [1.165, 1.54) is 148 Å². The molecule has 1 rings (SSSR count). The van der Waals surface area contributed by atoms with E-state index in [-0.39, 0.29) is 6.09 Å². The van der Waals surface area contributed by atoms with E-state index in [4.69, 9.17) is 20.9 Å². The predicted molar refractivity (Wildman–Crippen MR) is 218 cm³/mol. The highest BCUT2D eigenvalue weighted by atomic mass is 16.6. The molecule has 300 valence electrons. The van der Waals surface area contributed by atoms with Gasteiger partial charge < -0.3 is 31.2 Å². The van der Waals surface area contributed by atoms with Crippen LogP contribution >= 0.6 is 0 Å². The standard InChI is InChI=1S/C30H62N4O3.C13H28/c1-2-3-4-5-6-7-8-9-10-13-25-36-26-29(28-17-14-18-28)27-37-30(35)34(24-16-20-32)23-12-11-21-33-22-15-19-31;1-3-5-7-9-11-13-12-10-8-6-4-2/h28-29,33H,2-27,31-32H2,1H3;3-13H2,1-2H3. The molecule has 0 aromatic carbocycles. The molecule has 0 radical (unpaired) electrons. The van der Waals surface area contributed by atoms with Gasteiger partial charge in [0.2, 0.25) is 0 Å². The highest BCUT2D eigenvalue weighted by molar-refractivity contribution is 5.67. The molecule has 0 spiro atoms. The van der Waals surface area contributed by atoms with Gasteiger partial charge in [-0.25, -0.2) is 4.79 Å². The zero-order valence-corrected chi connectivity index (χ0v) is 34.1. The first-order chi connectivity index (χ1) is 24.6. The summed E-state index contributed by atoms with van der Waals surface area (Å²) in [6, 6.07) is 0. The van der Waals surface area contributed by atoms with Crippen LogP contribution < -0.4 is 16.8 Å². The second-order valence-corrected chi connectivity index (χ2v) is 15.2. The number of carbonyl (C=O) groups excluding carboxylic acids is 1. The highest BCUT2D eigenvalue weighted by Gasteiger charge is 2.29. The Labute approximate surface area is 312 Å². The van der Waals surface area contributed by atoms with E-state index in [1.54, 1.807) is 0 Å². The Balaban J connectivity index is 0.00000155. The average Bonchev–Trinajstić information content (AvgIpc) is 3.10. The van der Waals surface area contributed by atoms with Gasteiger partial charge in [-0.3, -0.25) is 0 Å². The van der Waals surface area contributed by atoms with Crippen LogP contribution in [0.1, 0.15) is 201 Å². The second-order valence-electron chi connectivity index (χ2n) is 15.2. The van der Waals surface area contributed by atoms with Crippen molar-refractivity contribution < 1.29 is 14.3 Å². The molecule has 1 fully saturated rings. The Kier molecular flexibility index (Phi) is 40.1. The van der Waals surface area contributed by atoms with E-state index in [0.717, 1.165) is 64.9 Å². The van der Waals surface area contributed by atoms with Gasteiger partial charge in [-0.2, -0.15) is 0 Å². The molecule has 0 heterocycles. The van der Waals surface area contributed by atoms with Gasteiger partial charge in [-0.15, -0.1) is 0 Å². The summed E-state index contributed by atoms with van der Waals surface area (Å²) in [7, 11) is 0. The molecule has 0 aromatic heterocycles. The number of ether oxygens (including phenoxy) is 2. The fraction of sp³-hybridized carbons (Fsp3) is 0.977. The molecule has 1 atom stereocenters. The van der Waals surface area contributed by atoms with Crippen molar-refractivity contribution in [3.05, 3.63) is 0 Å². The van der Waals surface area contributed by atoms with Gasteiger partial charge in [0.05, 0.1) is 13.2 Å². The molecule has 1 aliphatic carbocycles. The van der Waals surface area contributed by atoms with E-state index in [1.807, 2.05) is 4.90 Å². The van der Waals surface area contributed by atoms with Crippen molar-refractivity contribution in [2.24, 2.45) is 23.3 Å². The maximum atomic E-state index is 12.9. The van der Waals surface area contributed by atoms with Gasteiger partial charge in [0.15, 0.2) is 0 Å². The van der Waals surface area contributed by atoms with E-state index >= 15 is 0 Å². The van der Waals surface area contributed by atoms with Gasteiger partial charge in [0, 0.05) is 25.6 Å². The minimum absolute atomic E-state index is 0.191. The maximum absolute atomic E-state index is 12.9. The van der Waals surface area contributed by atoms with E-state index < -0.39 is 0 Å². The molecule has 1 saturated carbocycles. The van der Waals surface area contributed by atoms with Crippen LogP contribution in [0.5, 0.6) is 0 Å². The molecule has 0 aliphatic heterocycles. The molecular formula is C43H90N4O3. The molecule has 1 amide bonds. The van der Waals surface area contributed by atoms with Gasteiger partial charge >= 0.3 is 6.09 Å². The van der Waals surface area contributed by atoms with Crippen LogP contribution in [0.4, 0.5) is 4.79 Å². The summed E-state index contributed by atoms with van der Waals surface area (Å²) in [5, 5.41) is 3.40. The molecule has 1 aliphatic rings. The number of carbonyl (C=O) groups is 1. The molecule has 50 heavy (non-hydrogen) atoms. The maximum Gasteiger partial charge on any atom is 0.409 e. The van der Waals surface area contributed by atoms with Crippen molar-refractivity contribution in [1.29, 1.82) is 0 Å². The first-order valence-electron chi connectivity index (χ1n) is 22.2. The predicted octanol–water partition coefficient (Wildman–Crippen LogP) is 11.2. The minimum Gasteiger partial charge on any atom is -0.449 e. The minimum atomic E-state index is -0.191. The van der Waals surface area contributed by atoms with Crippen LogP contribution in [0.3, 0.4) is 0 Å². The van der Waals surface area contributed by atoms with Crippen LogP contribution in [-0.4, -0.2) is 70.1 Å². The monoisotopic (exact) mass is 711 g/mol. The van der Waals surface area contributed by atoms with E-state index in [0.29, 0.717) is 38.1 Å². The van der Waals surface area contributed by atoms with Crippen molar-refractivity contribution in [2.45, 2.75) is 201 Å². The molecule has 1 unspecified atom stereocenters. The third-order valence-corrected chi connectivity index (χ3v) is 10.4. The topological polar surface area (TPSA) is 103 Å². The number of hydrogen-bond donors (Lipinski definition) is 3. The lowest BCUT2D eigenvalue weighted by molar-refractivity contribution is 0.00873. The van der Waals surface area contributed by atoms with Gasteiger partial charge in [0.25, 0.3) is 0 Å². The fourth-order valence-corrected chi connectivity index (χ4v) is 6.65. The largest absolute Gasteiger partial charge is 0.449 e. The van der Waals surface area contributed by atoms with Crippen molar-refractivity contribution in [1.82, 2.24) is 10.2 Å². The molecule has 7 heteroatoms. The number of amides is 1. The average molecular weight is 711 g/mol. The lowest BCUT2D eigenvalue weighted by Gasteiger charge is -2.34. The zero-order chi connectivity index (χ0) is 36.6.